The molecule has 0 radical (unpaired) electrons. The number of hydrogen-bond acceptors (Lipinski definition) is 3. The third-order valence-electron chi connectivity index (χ3n) is 3.80. The van der Waals surface area contributed by atoms with Crippen molar-refractivity contribution in [2.24, 2.45) is 13.0 Å². The van der Waals surface area contributed by atoms with Crippen molar-refractivity contribution in [1.82, 2.24) is 15.1 Å². The smallest absolute Gasteiger partial charge is 0.0750 e. The van der Waals surface area contributed by atoms with Crippen LogP contribution < -0.4 is 5.32 Å². The lowest BCUT2D eigenvalue weighted by molar-refractivity contribution is 0.0328. The summed E-state index contributed by atoms with van der Waals surface area (Å²) < 4.78 is 7.73. The molecule has 116 valence electrons. The number of aromatic nitrogens is 2. The van der Waals surface area contributed by atoms with Gasteiger partial charge in [0.05, 0.1) is 11.8 Å². The van der Waals surface area contributed by atoms with Gasteiger partial charge in [0.25, 0.3) is 0 Å². The third-order valence-corrected chi connectivity index (χ3v) is 3.80. The van der Waals surface area contributed by atoms with Crippen LogP contribution >= 0.6 is 0 Å². The predicted molar refractivity (Wildman–Crippen MR) is 84.0 cm³/mol. The van der Waals surface area contributed by atoms with Crippen LogP contribution in [0.25, 0.3) is 0 Å². The van der Waals surface area contributed by atoms with Crippen molar-refractivity contribution in [1.29, 1.82) is 0 Å². The lowest BCUT2D eigenvalue weighted by atomic mass is 9.95. The van der Waals surface area contributed by atoms with E-state index in [9.17, 15) is 0 Å². The highest BCUT2D eigenvalue weighted by Crippen LogP contribution is 2.16. The highest BCUT2D eigenvalue weighted by atomic mass is 16.5. The monoisotopic (exact) mass is 281 g/mol. The first kappa shape index (κ1) is 17.2. The van der Waals surface area contributed by atoms with Gasteiger partial charge in [-0.15, -0.1) is 0 Å². The van der Waals surface area contributed by atoms with Gasteiger partial charge < -0.3 is 10.1 Å². The van der Waals surface area contributed by atoms with Crippen LogP contribution in [0.15, 0.2) is 6.07 Å². The zero-order chi connectivity index (χ0) is 15.1. The van der Waals surface area contributed by atoms with Gasteiger partial charge in [-0.05, 0) is 31.4 Å². The molecule has 1 N–H and O–H groups in total. The van der Waals surface area contributed by atoms with Crippen LogP contribution in [0.5, 0.6) is 0 Å². The summed E-state index contributed by atoms with van der Waals surface area (Å²) in [6.07, 6.45) is 3.30. The Morgan fingerprint density at radius 3 is 2.50 bits per heavy atom. The number of methoxy groups -OCH3 is 1. The Morgan fingerprint density at radius 2 is 2.05 bits per heavy atom. The van der Waals surface area contributed by atoms with Gasteiger partial charge >= 0.3 is 0 Å². The summed E-state index contributed by atoms with van der Waals surface area (Å²) in [6.45, 7) is 9.80. The topological polar surface area (TPSA) is 39.1 Å². The molecule has 20 heavy (non-hydrogen) atoms. The quantitative estimate of drug-likeness (QED) is 0.756. The van der Waals surface area contributed by atoms with Crippen molar-refractivity contribution in [3.05, 3.63) is 17.5 Å². The number of hydrogen-bond donors (Lipinski definition) is 1. The minimum Gasteiger partial charge on any atom is -0.380 e. The average molecular weight is 281 g/mol. The minimum atomic E-state index is 0.224. The molecule has 0 aromatic carbocycles. The van der Waals surface area contributed by atoms with E-state index in [1.54, 1.807) is 0 Å². The zero-order valence-corrected chi connectivity index (χ0v) is 13.9. The van der Waals surface area contributed by atoms with Crippen LogP contribution in [0.3, 0.4) is 0 Å². The summed E-state index contributed by atoms with van der Waals surface area (Å²) in [5, 5.41) is 8.18. The first-order valence-electron chi connectivity index (χ1n) is 7.81. The van der Waals surface area contributed by atoms with Gasteiger partial charge in [0, 0.05) is 32.3 Å². The molecular weight excluding hydrogens is 250 g/mol. The van der Waals surface area contributed by atoms with Crippen LogP contribution in [0.4, 0.5) is 0 Å². The molecule has 2 atom stereocenters. The van der Waals surface area contributed by atoms with E-state index in [0.717, 1.165) is 31.5 Å². The van der Waals surface area contributed by atoms with Crippen LogP contribution in [0, 0.1) is 5.92 Å². The van der Waals surface area contributed by atoms with Crippen molar-refractivity contribution >= 4 is 0 Å². The summed E-state index contributed by atoms with van der Waals surface area (Å²) in [7, 11) is 3.84. The van der Waals surface area contributed by atoms with Gasteiger partial charge in [-0.25, -0.2) is 0 Å². The summed E-state index contributed by atoms with van der Waals surface area (Å²) in [6, 6.07) is 2.55. The normalized spacial score (nSPS) is 14.8. The van der Waals surface area contributed by atoms with E-state index in [-0.39, 0.29) is 6.10 Å². The number of aryl methyl sites for hydroxylation is 2. The molecule has 0 spiro atoms. The Kier molecular flexibility index (Phi) is 7.24. The van der Waals surface area contributed by atoms with E-state index >= 15 is 0 Å². The molecule has 0 aliphatic carbocycles. The fourth-order valence-electron chi connectivity index (χ4n) is 2.70. The minimum absolute atomic E-state index is 0.224. The summed E-state index contributed by atoms with van der Waals surface area (Å²) >= 11 is 0. The molecule has 0 saturated heterocycles. The lowest BCUT2D eigenvalue weighted by Gasteiger charge is -2.30. The molecule has 0 bridgehead atoms. The molecule has 1 aromatic heterocycles. The Hall–Kier alpha value is -0.870. The number of nitrogens with zero attached hydrogens (tertiary/aromatic N) is 2. The predicted octanol–water partition coefficient (Wildman–Crippen LogP) is 2.56. The molecule has 0 aliphatic heterocycles. The second-order valence-corrected chi connectivity index (χ2v) is 5.81. The number of rotatable bonds is 9. The summed E-state index contributed by atoms with van der Waals surface area (Å²) in [5.74, 6) is 0.494. The van der Waals surface area contributed by atoms with E-state index in [4.69, 9.17) is 4.74 Å². The van der Waals surface area contributed by atoms with Gasteiger partial charge in [-0.1, -0.05) is 27.7 Å². The maximum atomic E-state index is 5.72. The van der Waals surface area contributed by atoms with Crippen LogP contribution in [0.1, 0.15) is 45.5 Å². The van der Waals surface area contributed by atoms with Crippen molar-refractivity contribution in [2.45, 2.75) is 59.1 Å². The van der Waals surface area contributed by atoms with E-state index in [0.29, 0.717) is 12.0 Å². The molecule has 0 saturated carbocycles. The first-order valence-corrected chi connectivity index (χ1v) is 7.81. The zero-order valence-electron chi connectivity index (χ0n) is 13.9. The molecule has 1 heterocycles. The Bertz CT molecular complexity index is 387. The number of nitrogens with one attached hydrogen (secondary N) is 1. The van der Waals surface area contributed by atoms with E-state index < -0.39 is 0 Å². The van der Waals surface area contributed by atoms with Crippen LogP contribution in [-0.2, 0) is 24.6 Å². The third kappa shape index (κ3) is 4.60. The van der Waals surface area contributed by atoms with Crippen molar-refractivity contribution in [3.8, 4) is 0 Å². The molecular formula is C16H31N3O. The Morgan fingerprint density at radius 1 is 1.35 bits per heavy atom. The van der Waals surface area contributed by atoms with Gasteiger partial charge in [0.15, 0.2) is 0 Å². The Labute approximate surface area is 123 Å². The fraction of sp³-hybridized carbons (Fsp3) is 0.812. The van der Waals surface area contributed by atoms with Crippen LogP contribution in [-0.4, -0.2) is 35.6 Å². The second-order valence-electron chi connectivity index (χ2n) is 5.81. The van der Waals surface area contributed by atoms with E-state index in [1.165, 1.54) is 5.69 Å². The maximum absolute atomic E-state index is 5.72. The highest BCUT2D eigenvalue weighted by molar-refractivity contribution is 5.12. The Balaban J connectivity index is 2.84. The lowest BCUT2D eigenvalue weighted by Crippen LogP contribution is -2.45. The van der Waals surface area contributed by atoms with Crippen LogP contribution in [0.2, 0.25) is 0 Å². The van der Waals surface area contributed by atoms with Gasteiger partial charge in [-0.2, -0.15) is 5.10 Å². The van der Waals surface area contributed by atoms with Gasteiger partial charge in [-0.3, -0.25) is 4.68 Å². The first-order chi connectivity index (χ1) is 9.53. The summed E-state index contributed by atoms with van der Waals surface area (Å²) in [4.78, 5) is 0. The fourth-order valence-corrected chi connectivity index (χ4v) is 2.70. The van der Waals surface area contributed by atoms with Crippen molar-refractivity contribution in [2.75, 3.05) is 13.7 Å². The largest absolute Gasteiger partial charge is 0.380 e. The second kappa shape index (κ2) is 8.42. The molecule has 0 fully saturated rings. The molecule has 1 aromatic rings. The molecule has 1 rings (SSSR count). The maximum Gasteiger partial charge on any atom is 0.0750 e. The van der Waals surface area contributed by atoms with E-state index in [2.05, 4.69) is 44.2 Å². The highest BCUT2D eigenvalue weighted by Gasteiger charge is 2.25. The molecule has 4 nitrogen and oxygen atoms in total. The summed E-state index contributed by atoms with van der Waals surface area (Å²) in [5.41, 5.74) is 2.44. The van der Waals surface area contributed by atoms with Crippen molar-refractivity contribution < 1.29 is 4.74 Å². The standard InChI is InChI=1S/C16H31N3O/c1-7-9-17-15(16(20-6)12(3)4)11-14-10-13(8-2)18-19(14)5/h10,12,15-17H,7-9,11H2,1-6H3. The van der Waals surface area contributed by atoms with Gasteiger partial charge in [0.1, 0.15) is 0 Å². The van der Waals surface area contributed by atoms with Gasteiger partial charge in [0.2, 0.25) is 0 Å². The molecule has 0 amide bonds. The number of ether oxygens (including phenoxy) is 1. The molecule has 0 aliphatic rings. The van der Waals surface area contributed by atoms with E-state index in [1.807, 2.05) is 18.8 Å². The molecule has 4 heteroatoms. The van der Waals surface area contributed by atoms with Crippen molar-refractivity contribution in [3.63, 3.8) is 0 Å². The average Bonchev–Trinajstić information content (AvgIpc) is 2.76. The molecule has 2 unspecified atom stereocenters. The SMILES string of the molecule is CCCNC(Cc1cc(CC)nn1C)C(OC)C(C)C.